The Bertz CT molecular complexity index is 739. The van der Waals surface area contributed by atoms with Gasteiger partial charge < -0.3 is 10.2 Å². The van der Waals surface area contributed by atoms with Crippen LogP contribution in [0.15, 0.2) is 24.5 Å². The molecule has 1 aromatic rings. The number of piperazine rings is 1. The van der Waals surface area contributed by atoms with Crippen LogP contribution in [0.4, 0.5) is 4.79 Å². The second-order valence-electron chi connectivity index (χ2n) is 7.98. The molecule has 4 rings (SSSR count). The van der Waals surface area contributed by atoms with Crippen LogP contribution >= 0.6 is 0 Å². The lowest BCUT2D eigenvalue weighted by Crippen LogP contribution is -2.52. The smallest absolute Gasteiger partial charge is 0.325 e. The average molecular weight is 385 g/mol. The minimum absolute atomic E-state index is 0.153. The molecule has 3 heterocycles. The van der Waals surface area contributed by atoms with E-state index < -0.39 is 11.6 Å². The van der Waals surface area contributed by atoms with Crippen LogP contribution in [0, 0.1) is 0 Å². The van der Waals surface area contributed by atoms with Crippen LogP contribution in [0.1, 0.15) is 37.7 Å². The lowest BCUT2D eigenvalue weighted by Gasteiger charge is -2.35. The van der Waals surface area contributed by atoms with E-state index >= 15 is 0 Å². The van der Waals surface area contributed by atoms with Crippen LogP contribution in [0.5, 0.6) is 0 Å². The number of nitrogens with zero attached hydrogens (tertiary/aromatic N) is 4. The highest BCUT2D eigenvalue weighted by Crippen LogP contribution is 2.33. The summed E-state index contributed by atoms with van der Waals surface area (Å²) in [6, 6.07) is 3.57. The molecule has 1 N–H and O–H groups in total. The van der Waals surface area contributed by atoms with Crippen molar-refractivity contribution in [2.24, 2.45) is 0 Å². The number of carbonyl (C=O) groups excluding carboxylic acids is 3. The third-order valence-corrected chi connectivity index (χ3v) is 6.13. The Morgan fingerprint density at radius 2 is 1.71 bits per heavy atom. The number of rotatable bonds is 4. The lowest BCUT2D eigenvalue weighted by molar-refractivity contribution is -0.140. The maximum Gasteiger partial charge on any atom is 0.325 e. The molecule has 2 aliphatic heterocycles. The molecule has 2 saturated heterocycles. The molecule has 3 fully saturated rings. The van der Waals surface area contributed by atoms with Crippen molar-refractivity contribution in [2.45, 2.75) is 44.2 Å². The average Bonchev–Trinajstić information content (AvgIpc) is 2.94. The first-order valence-corrected chi connectivity index (χ1v) is 10.1. The lowest BCUT2D eigenvalue weighted by atomic mass is 9.82. The largest absolute Gasteiger partial charge is 0.339 e. The molecule has 8 nitrogen and oxygen atoms in total. The molecule has 1 aliphatic carbocycles. The molecule has 150 valence electrons. The molecule has 0 bridgehead atoms. The Morgan fingerprint density at radius 3 is 2.39 bits per heavy atom. The van der Waals surface area contributed by atoms with Crippen molar-refractivity contribution in [3.05, 3.63) is 30.1 Å². The van der Waals surface area contributed by atoms with Crippen LogP contribution in [-0.2, 0) is 16.1 Å². The van der Waals surface area contributed by atoms with Crippen LogP contribution in [-0.4, -0.2) is 75.8 Å². The Morgan fingerprint density at radius 1 is 1.04 bits per heavy atom. The summed E-state index contributed by atoms with van der Waals surface area (Å²) in [4.78, 5) is 47.1. The quantitative estimate of drug-likeness (QED) is 0.781. The topological polar surface area (TPSA) is 85.8 Å². The van der Waals surface area contributed by atoms with E-state index in [4.69, 9.17) is 0 Å². The Kier molecular flexibility index (Phi) is 5.30. The summed E-state index contributed by atoms with van der Waals surface area (Å²) >= 11 is 0. The van der Waals surface area contributed by atoms with Crippen LogP contribution in [0.2, 0.25) is 0 Å². The summed E-state index contributed by atoms with van der Waals surface area (Å²) in [6.45, 7) is 3.45. The van der Waals surface area contributed by atoms with Crippen molar-refractivity contribution in [3.8, 4) is 0 Å². The van der Waals surface area contributed by atoms with Gasteiger partial charge in [-0.05, 0) is 30.5 Å². The van der Waals surface area contributed by atoms with Gasteiger partial charge in [0.2, 0.25) is 5.91 Å². The molecule has 0 atom stereocenters. The number of nitrogens with one attached hydrogen (secondary N) is 1. The normalized spacial score (nSPS) is 22.6. The molecule has 0 unspecified atom stereocenters. The fourth-order valence-corrected chi connectivity index (χ4v) is 4.45. The van der Waals surface area contributed by atoms with Gasteiger partial charge in [-0.1, -0.05) is 19.3 Å². The van der Waals surface area contributed by atoms with E-state index in [2.05, 4.69) is 15.2 Å². The molecular weight excluding hydrogens is 358 g/mol. The third kappa shape index (κ3) is 3.73. The number of aromatic nitrogens is 1. The summed E-state index contributed by atoms with van der Waals surface area (Å²) in [5, 5.41) is 2.87. The van der Waals surface area contributed by atoms with Crippen LogP contribution in [0.25, 0.3) is 0 Å². The van der Waals surface area contributed by atoms with E-state index in [9.17, 15) is 14.4 Å². The number of urea groups is 1. The van der Waals surface area contributed by atoms with Gasteiger partial charge in [-0.3, -0.25) is 24.4 Å². The van der Waals surface area contributed by atoms with E-state index in [1.165, 1.54) is 5.56 Å². The maximum absolute atomic E-state index is 12.8. The van der Waals surface area contributed by atoms with Crippen LogP contribution < -0.4 is 5.32 Å². The molecule has 8 heteroatoms. The molecule has 1 saturated carbocycles. The van der Waals surface area contributed by atoms with E-state index in [0.717, 1.165) is 43.8 Å². The Hall–Kier alpha value is -2.48. The number of carbonyl (C=O) groups is 3. The fraction of sp³-hybridized carbons (Fsp3) is 0.600. The molecule has 4 amide bonds. The van der Waals surface area contributed by atoms with Crippen molar-refractivity contribution in [1.29, 1.82) is 0 Å². The first-order valence-electron chi connectivity index (χ1n) is 10.1. The third-order valence-electron chi connectivity index (χ3n) is 6.13. The number of hydrogen-bond acceptors (Lipinski definition) is 5. The van der Waals surface area contributed by atoms with Gasteiger partial charge in [0.1, 0.15) is 12.1 Å². The summed E-state index contributed by atoms with van der Waals surface area (Å²) < 4.78 is 0. The van der Waals surface area contributed by atoms with Gasteiger partial charge in [0.25, 0.3) is 5.91 Å². The van der Waals surface area contributed by atoms with E-state index in [0.29, 0.717) is 25.9 Å². The number of pyridine rings is 1. The number of imide groups is 1. The highest BCUT2D eigenvalue weighted by molar-refractivity contribution is 6.09. The van der Waals surface area contributed by atoms with Gasteiger partial charge in [0, 0.05) is 45.1 Å². The van der Waals surface area contributed by atoms with Gasteiger partial charge in [0.05, 0.1) is 0 Å². The van der Waals surface area contributed by atoms with E-state index in [1.54, 1.807) is 17.3 Å². The number of amides is 4. The second kappa shape index (κ2) is 7.87. The molecule has 3 aliphatic rings. The highest BCUT2D eigenvalue weighted by atomic mass is 16.2. The minimum atomic E-state index is -0.765. The van der Waals surface area contributed by atoms with Crippen molar-refractivity contribution < 1.29 is 14.4 Å². The first kappa shape index (κ1) is 18.9. The molecule has 0 radical (unpaired) electrons. The SMILES string of the molecule is O=C(CN1C(=O)NC2(CCCCC2)C1=O)N1CCN(Cc2ccncc2)CC1. The van der Waals surface area contributed by atoms with Crippen molar-refractivity contribution >= 4 is 17.8 Å². The summed E-state index contributed by atoms with van der Waals surface area (Å²) in [6.07, 6.45) is 7.89. The summed E-state index contributed by atoms with van der Waals surface area (Å²) in [5.74, 6) is -0.373. The molecular formula is C20H27N5O3. The molecule has 0 aromatic carbocycles. The van der Waals surface area contributed by atoms with E-state index in [-0.39, 0.29) is 18.4 Å². The molecule has 1 spiro atoms. The van der Waals surface area contributed by atoms with Crippen LogP contribution in [0.3, 0.4) is 0 Å². The van der Waals surface area contributed by atoms with Gasteiger partial charge in [-0.2, -0.15) is 0 Å². The van der Waals surface area contributed by atoms with Crippen molar-refractivity contribution in [2.75, 3.05) is 32.7 Å². The molecule has 1 aromatic heterocycles. The predicted octanol–water partition coefficient (Wildman–Crippen LogP) is 0.981. The Labute approximate surface area is 164 Å². The first-order chi connectivity index (χ1) is 13.6. The van der Waals surface area contributed by atoms with Gasteiger partial charge >= 0.3 is 6.03 Å². The standard InChI is InChI=1S/C20H27N5O3/c26-17(15-25-18(27)20(22-19(25)28)6-2-1-3-7-20)24-12-10-23(11-13-24)14-16-4-8-21-9-5-16/h4-5,8-9H,1-3,6-7,10-15H2,(H,22,28). The van der Waals surface area contributed by atoms with Gasteiger partial charge in [-0.25, -0.2) is 4.79 Å². The Balaban J connectivity index is 1.30. The zero-order valence-corrected chi connectivity index (χ0v) is 16.1. The van der Waals surface area contributed by atoms with Crippen molar-refractivity contribution in [3.63, 3.8) is 0 Å². The summed E-state index contributed by atoms with van der Waals surface area (Å²) in [7, 11) is 0. The fourth-order valence-electron chi connectivity index (χ4n) is 4.45. The predicted molar refractivity (Wildman–Crippen MR) is 102 cm³/mol. The highest BCUT2D eigenvalue weighted by Gasteiger charge is 2.51. The van der Waals surface area contributed by atoms with Gasteiger partial charge in [0.15, 0.2) is 0 Å². The second-order valence-corrected chi connectivity index (χ2v) is 7.98. The summed E-state index contributed by atoms with van der Waals surface area (Å²) in [5.41, 5.74) is 0.436. The maximum atomic E-state index is 12.8. The van der Waals surface area contributed by atoms with Gasteiger partial charge in [-0.15, -0.1) is 0 Å². The monoisotopic (exact) mass is 385 g/mol. The minimum Gasteiger partial charge on any atom is -0.339 e. The zero-order valence-electron chi connectivity index (χ0n) is 16.1. The number of hydrogen-bond donors (Lipinski definition) is 1. The molecule has 28 heavy (non-hydrogen) atoms. The zero-order chi connectivity index (χ0) is 19.6. The van der Waals surface area contributed by atoms with Crippen molar-refractivity contribution in [1.82, 2.24) is 25.0 Å². The van der Waals surface area contributed by atoms with E-state index in [1.807, 2.05) is 12.1 Å².